The SMILES string of the molecule is C=CCO[C@@]1(/C(C)=C\C)CCCC[C@H]1C(=C)C. The molecule has 0 spiro atoms. The van der Waals surface area contributed by atoms with E-state index in [1.807, 2.05) is 6.08 Å². The summed E-state index contributed by atoms with van der Waals surface area (Å²) in [6.45, 7) is 15.0. The lowest BCUT2D eigenvalue weighted by Gasteiger charge is -2.45. The minimum atomic E-state index is -0.132. The molecule has 0 bridgehead atoms. The molecule has 1 aliphatic rings. The monoisotopic (exact) mass is 234 g/mol. The number of hydrogen-bond donors (Lipinski definition) is 0. The van der Waals surface area contributed by atoms with Crippen molar-refractivity contribution in [3.8, 4) is 0 Å². The Morgan fingerprint density at radius 1 is 1.41 bits per heavy atom. The van der Waals surface area contributed by atoms with E-state index in [1.54, 1.807) is 0 Å². The smallest absolute Gasteiger partial charge is 0.0957 e. The first-order chi connectivity index (χ1) is 8.08. The summed E-state index contributed by atoms with van der Waals surface area (Å²) in [5, 5.41) is 0. The van der Waals surface area contributed by atoms with Crippen LogP contribution in [0.1, 0.15) is 46.5 Å². The molecule has 0 aromatic heterocycles. The van der Waals surface area contributed by atoms with Crippen molar-refractivity contribution in [3.63, 3.8) is 0 Å². The minimum absolute atomic E-state index is 0.132. The van der Waals surface area contributed by atoms with E-state index in [2.05, 4.69) is 40.0 Å². The van der Waals surface area contributed by atoms with Gasteiger partial charge in [-0.05, 0) is 39.2 Å². The van der Waals surface area contributed by atoms with E-state index in [9.17, 15) is 0 Å². The Hall–Kier alpha value is -0.820. The van der Waals surface area contributed by atoms with E-state index in [0.717, 1.165) is 6.42 Å². The van der Waals surface area contributed by atoms with E-state index in [1.165, 1.54) is 30.4 Å². The lowest BCUT2D eigenvalue weighted by molar-refractivity contribution is -0.0582. The highest BCUT2D eigenvalue weighted by Crippen LogP contribution is 2.45. The summed E-state index contributed by atoms with van der Waals surface area (Å²) in [7, 11) is 0. The van der Waals surface area contributed by atoms with E-state index >= 15 is 0 Å². The second-order valence-electron chi connectivity index (χ2n) is 5.11. The van der Waals surface area contributed by atoms with E-state index in [-0.39, 0.29) is 5.60 Å². The van der Waals surface area contributed by atoms with Crippen LogP contribution >= 0.6 is 0 Å². The molecule has 0 aromatic carbocycles. The van der Waals surface area contributed by atoms with Crippen LogP contribution in [0.5, 0.6) is 0 Å². The van der Waals surface area contributed by atoms with Gasteiger partial charge in [0, 0.05) is 5.92 Å². The highest BCUT2D eigenvalue weighted by molar-refractivity contribution is 5.23. The molecular formula is C16H26O. The fraction of sp³-hybridized carbons (Fsp3) is 0.625. The molecule has 0 aliphatic heterocycles. The summed E-state index contributed by atoms with van der Waals surface area (Å²) in [5.74, 6) is 0.451. The van der Waals surface area contributed by atoms with Crippen LogP contribution in [-0.2, 0) is 4.74 Å². The molecule has 1 rings (SSSR count). The summed E-state index contributed by atoms with van der Waals surface area (Å²) < 4.78 is 6.20. The molecule has 17 heavy (non-hydrogen) atoms. The Morgan fingerprint density at radius 2 is 2.12 bits per heavy atom. The standard InChI is InChI=1S/C16H26O/c1-6-12-17-16(14(5)7-2)11-9-8-10-15(16)13(3)4/h6-7,15H,1,3,8-12H2,2,4-5H3/b14-7-/t15-,16+/m0/s1. The zero-order chi connectivity index (χ0) is 12.9. The first-order valence-electron chi connectivity index (χ1n) is 6.62. The third-order valence-corrected chi connectivity index (χ3v) is 4.01. The second-order valence-corrected chi connectivity index (χ2v) is 5.11. The Balaban J connectivity index is 3.07. The second kappa shape index (κ2) is 6.20. The number of ether oxygens (including phenoxy) is 1. The van der Waals surface area contributed by atoms with Gasteiger partial charge in [-0.1, -0.05) is 37.1 Å². The molecule has 0 aromatic rings. The van der Waals surface area contributed by atoms with Crippen LogP contribution in [0.15, 0.2) is 36.5 Å². The van der Waals surface area contributed by atoms with Gasteiger partial charge in [0.1, 0.15) is 0 Å². The van der Waals surface area contributed by atoms with Gasteiger partial charge < -0.3 is 4.74 Å². The van der Waals surface area contributed by atoms with Crippen LogP contribution in [-0.4, -0.2) is 12.2 Å². The van der Waals surface area contributed by atoms with Gasteiger partial charge in [0.05, 0.1) is 12.2 Å². The fourth-order valence-corrected chi connectivity index (χ4v) is 3.00. The van der Waals surface area contributed by atoms with Crippen molar-refractivity contribution >= 4 is 0 Å². The molecule has 0 N–H and O–H groups in total. The molecule has 0 unspecified atom stereocenters. The Labute approximate surface area is 106 Å². The maximum absolute atomic E-state index is 6.20. The molecule has 0 radical (unpaired) electrons. The van der Waals surface area contributed by atoms with E-state index in [0.29, 0.717) is 12.5 Å². The van der Waals surface area contributed by atoms with Crippen LogP contribution in [0, 0.1) is 5.92 Å². The molecule has 1 aliphatic carbocycles. The summed E-state index contributed by atoms with van der Waals surface area (Å²) >= 11 is 0. The van der Waals surface area contributed by atoms with Gasteiger partial charge in [-0.2, -0.15) is 0 Å². The molecule has 1 saturated carbocycles. The van der Waals surface area contributed by atoms with Gasteiger partial charge in [-0.15, -0.1) is 6.58 Å². The maximum atomic E-state index is 6.20. The molecule has 0 heterocycles. The zero-order valence-corrected chi connectivity index (χ0v) is 11.6. The Bertz CT molecular complexity index is 313. The molecule has 1 nitrogen and oxygen atoms in total. The molecular weight excluding hydrogens is 208 g/mol. The molecule has 96 valence electrons. The average molecular weight is 234 g/mol. The predicted molar refractivity (Wildman–Crippen MR) is 75.1 cm³/mol. The highest BCUT2D eigenvalue weighted by atomic mass is 16.5. The van der Waals surface area contributed by atoms with Gasteiger partial charge in [0.25, 0.3) is 0 Å². The quantitative estimate of drug-likeness (QED) is 0.629. The largest absolute Gasteiger partial charge is 0.366 e. The maximum Gasteiger partial charge on any atom is 0.0957 e. The van der Waals surface area contributed by atoms with Crippen molar-refractivity contribution in [1.29, 1.82) is 0 Å². The van der Waals surface area contributed by atoms with Gasteiger partial charge >= 0.3 is 0 Å². The van der Waals surface area contributed by atoms with E-state index in [4.69, 9.17) is 4.74 Å². The third kappa shape index (κ3) is 2.90. The number of hydrogen-bond acceptors (Lipinski definition) is 1. The van der Waals surface area contributed by atoms with Crippen molar-refractivity contribution in [1.82, 2.24) is 0 Å². The van der Waals surface area contributed by atoms with Gasteiger partial charge in [0.15, 0.2) is 0 Å². The lowest BCUT2D eigenvalue weighted by atomic mass is 9.68. The Morgan fingerprint density at radius 3 is 2.65 bits per heavy atom. The molecule has 1 heteroatoms. The topological polar surface area (TPSA) is 9.23 Å². The molecule has 1 fully saturated rings. The number of rotatable bonds is 5. The molecule has 2 atom stereocenters. The van der Waals surface area contributed by atoms with Crippen LogP contribution < -0.4 is 0 Å². The van der Waals surface area contributed by atoms with Gasteiger partial charge in [0.2, 0.25) is 0 Å². The fourth-order valence-electron chi connectivity index (χ4n) is 3.00. The first kappa shape index (κ1) is 14.2. The summed E-state index contributed by atoms with van der Waals surface area (Å²) in [5.41, 5.74) is 2.45. The first-order valence-corrected chi connectivity index (χ1v) is 6.62. The Kier molecular flexibility index (Phi) is 5.20. The zero-order valence-electron chi connectivity index (χ0n) is 11.6. The normalized spacial score (nSPS) is 30.1. The van der Waals surface area contributed by atoms with Gasteiger partial charge in [-0.3, -0.25) is 0 Å². The predicted octanol–water partition coefficient (Wildman–Crippen LogP) is 4.66. The highest BCUT2D eigenvalue weighted by Gasteiger charge is 2.42. The van der Waals surface area contributed by atoms with Crippen molar-refractivity contribution in [3.05, 3.63) is 36.5 Å². The van der Waals surface area contributed by atoms with Crippen molar-refractivity contribution in [2.75, 3.05) is 6.61 Å². The van der Waals surface area contributed by atoms with Crippen LogP contribution in [0.4, 0.5) is 0 Å². The van der Waals surface area contributed by atoms with Crippen LogP contribution in [0.2, 0.25) is 0 Å². The summed E-state index contributed by atoms with van der Waals surface area (Å²) in [4.78, 5) is 0. The summed E-state index contributed by atoms with van der Waals surface area (Å²) in [6.07, 6.45) is 8.85. The van der Waals surface area contributed by atoms with Crippen LogP contribution in [0.25, 0.3) is 0 Å². The molecule has 0 saturated heterocycles. The third-order valence-electron chi connectivity index (χ3n) is 4.01. The van der Waals surface area contributed by atoms with Crippen molar-refractivity contribution in [2.24, 2.45) is 5.92 Å². The van der Waals surface area contributed by atoms with Crippen molar-refractivity contribution in [2.45, 2.75) is 52.1 Å². The minimum Gasteiger partial charge on any atom is -0.366 e. The van der Waals surface area contributed by atoms with Crippen molar-refractivity contribution < 1.29 is 4.74 Å². The number of allylic oxidation sites excluding steroid dienone is 1. The molecule has 0 amide bonds. The summed E-state index contributed by atoms with van der Waals surface area (Å²) in [6, 6.07) is 0. The average Bonchev–Trinajstić information content (AvgIpc) is 2.35. The lowest BCUT2D eigenvalue weighted by Crippen LogP contribution is -2.45. The van der Waals surface area contributed by atoms with Crippen LogP contribution in [0.3, 0.4) is 0 Å². The van der Waals surface area contributed by atoms with E-state index < -0.39 is 0 Å². The van der Waals surface area contributed by atoms with Gasteiger partial charge in [-0.25, -0.2) is 0 Å².